The minimum atomic E-state index is -0.952. The number of aliphatic carboxylic acids is 1. The number of carbonyl (C=O) groups is 2. The van der Waals surface area contributed by atoms with Crippen LogP contribution in [0, 0.1) is 6.92 Å². The molecular weight excluding hydrogens is 553 g/mol. The fraction of sp³-hybridized carbons (Fsp3) is 0.233. The molecule has 0 saturated heterocycles. The second kappa shape index (κ2) is 12.6. The molecule has 0 atom stereocenters. The Hall–Kier alpha value is -3.39. The molecule has 0 bridgehead atoms. The number of aryl methyl sites for hydroxylation is 1. The van der Waals surface area contributed by atoms with Gasteiger partial charge in [0.2, 0.25) is 0 Å². The molecule has 202 valence electrons. The average molecular weight is 583 g/mol. The lowest BCUT2D eigenvalue weighted by Gasteiger charge is -2.24. The Kier molecular flexibility index (Phi) is 9.28. The number of thiazole rings is 1. The van der Waals surface area contributed by atoms with E-state index in [2.05, 4.69) is 49.2 Å². The van der Waals surface area contributed by atoms with Gasteiger partial charge in [-0.25, -0.2) is 4.98 Å². The molecule has 0 fully saturated rings. The van der Waals surface area contributed by atoms with Crippen molar-refractivity contribution in [3.8, 4) is 11.3 Å². The van der Waals surface area contributed by atoms with Gasteiger partial charge >= 0.3 is 5.97 Å². The van der Waals surface area contributed by atoms with Crippen LogP contribution in [-0.2, 0) is 11.3 Å². The van der Waals surface area contributed by atoms with E-state index in [0.717, 1.165) is 27.6 Å². The SMILES string of the molecule is Cc1cc(N(Cc2ccc(C(=O)NCCC(=O)O)cc2)c2nc(-c3ccc(Cl)c(Cl)c3)cs2)ccc1C(C)C. The summed E-state index contributed by atoms with van der Waals surface area (Å²) in [5.41, 5.74) is 6.69. The molecule has 0 radical (unpaired) electrons. The third-order valence-corrected chi connectivity index (χ3v) is 7.91. The average Bonchev–Trinajstić information content (AvgIpc) is 3.38. The van der Waals surface area contributed by atoms with E-state index in [0.29, 0.717) is 28.1 Å². The number of hydrogen-bond donors (Lipinski definition) is 2. The topological polar surface area (TPSA) is 82.5 Å². The van der Waals surface area contributed by atoms with Crippen LogP contribution in [0.5, 0.6) is 0 Å². The van der Waals surface area contributed by atoms with Crippen LogP contribution < -0.4 is 10.2 Å². The zero-order chi connectivity index (χ0) is 28.1. The summed E-state index contributed by atoms with van der Waals surface area (Å²) in [4.78, 5) is 30.2. The first-order valence-corrected chi connectivity index (χ1v) is 14.1. The van der Waals surface area contributed by atoms with Gasteiger partial charge in [-0.2, -0.15) is 0 Å². The molecule has 39 heavy (non-hydrogen) atoms. The maximum Gasteiger partial charge on any atom is 0.305 e. The highest BCUT2D eigenvalue weighted by Gasteiger charge is 2.18. The molecule has 1 amide bonds. The number of aromatic nitrogens is 1. The van der Waals surface area contributed by atoms with Crippen LogP contribution in [0.25, 0.3) is 11.3 Å². The first kappa shape index (κ1) is 28.6. The first-order chi connectivity index (χ1) is 18.6. The molecule has 0 aliphatic heterocycles. The van der Waals surface area contributed by atoms with Gasteiger partial charge in [-0.05, 0) is 65.9 Å². The predicted molar refractivity (Wildman–Crippen MR) is 160 cm³/mol. The van der Waals surface area contributed by atoms with Gasteiger partial charge in [0.1, 0.15) is 0 Å². The van der Waals surface area contributed by atoms with Gasteiger partial charge < -0.3 is 15.3 Å². The highest BCUT2D eigenvalue weighted by atomic mass is 35.5. The third kappa shape index (κ3) is 7.18. The van der Waals surface area contributed by atoms with E-state index in [1.54, 1.807) is 18.2 Å². The Bertz CT molecular complexity index is 1490. The maximum absolute atomic E-state index is 12.4. The summed E-state index contributed by atoms with van der Waals surface area (Å²) in [6, 6.07) is 19.3. The molecule has 4 aromatic rings. The molecule has 4 rings (SSSR count). The predicted octanol–water partition coefficient (Wildman–Crippen LogP) is 8.09. The number of amides is 1. The molecule has 3 aromatic carbocycles. The summed E-state index contributed by atoms with van der Waals surface area (Å²) in [6.07, 6.45) is -0.119. The van der Waals surface area contributed by atoms with Gasteiger partial charge in [0.05, 0.1) is 28.7 Å². The minimum Gasteiger partial charge on any atom is -0.481 e. The second-order valence-corrected chi connectivity index (χ2v) is 11.2. The van der Waals surface area contributed by atoms with E-state index < -0.39 is 5.97 Å². The molecule has 0 saturated carbocycles. The van der Waals surface area contributed by atoms with Crippen LogP contribution in [0.4, 0.5) is 10.8 Å². The molecule has 6 nitrogen and oxygen atoms in total. The van der Waals surface area contributed by atoms with Gasteiger partial charge in [-0.1, -0.05) is 61.3 Å². The van der Waals surface area contributed by atoms with Crippen molar-refractivity contribution in [1.29, 1.82) is 0 Å². The van der Waals surface area contributed by atoms with Gasteiger partial charge in [0, 0.05) is 28.7 Å². The van der Waals surface area contributed by atoms with Crippen LogP contribution in [-0.4, -0.2) is 28.5 Å². The Morgan fingerprint density at radius 3 is 2.41 bits per heavy atom. The molecule has 1 heterocycles. The highest BCUT2D eigenvalue weighted by molar-refractivity contribution is 7.14. The van der Waals surface area contributed by atoms with E-state index in [4.69, 9.17) is 33.3 Å². The van der Waals surface area contributed by atoms with Crippen LogP contribution in [0.15, 0.2) is 66.0 Å². The summed E-state index contributed by atoms with van der Waals surface area (Å²) >= 11 is 13.9. The number of carboxylic acid groups (broad SMARTS) is 1. The first-order valence-electron chi connectivity index (χ1n) is 12.5. The van der Waals surface area contributed by atoms with Crippen LogP contribution in [0.3, 0.4) is 0 Å². The molecule has 0 aliphatic carbocycles. The molecule has 1 aromatic heterocycles. The molecular formula is C30H29Cl2N3O3S. The standard InChI is InChI=1S/C30H29Cl2N3O3S/c1-18(2)24-10-9-23(14-19(24)3)35(30-34-27(17-39-30)22-8-11-25(31)26(32)15-22)16-20-4-6-21(7-5-20)29(38)33-13-12-28(36)37/h4-11,14-15,17-18H,12-13,16H2,1-3H3,(H,33,38)(H,36,37). The lowest BCUT2D eigenvalue weighted by Crippen LogP contribution is -2.26. The van der Waals surface area contributed by atoms with Crippen molar-refractivity contribution in [2.45, 2.75) is 39.7 Å². The lowest BCUT2D eigenvalue weighted by atomic mass is 9.97. The largest absolute Gasteiger partial charge is 0.481 e. The van der Waals surface area contributed by atoms with E-state index in [1.165, 1.54) is 22.5 Å². The van der Waals surface area contributed by atoms with Crippen molar-refractivity contribution >= 4 is 57.2 Å². The Morgan fingerprint density at radius 2 is 1.77 bits per heavy atom. The normalized spacial score (nSPS) is 11.0. The number of carboxylic acids is 1. The zero-order valence-corrected chi connectivity index (χ0v) is 24.2. The number of benzene rings is 3. The van der Waals surface area contributed by atoms with Crippen molar-refractivity contribution in [3.63, 3.8) is 0 Å². The van der Waals surface area contributed by atoms with Crippen molar-refractivity contribution < 1.29 is 14.7 Å². The number of nitrogens with one attached hydrogen (secondary N) is 1. The second-order valence-electron chi connectivity index (χ2n) is 9.52. The molecule has 2 N–H and O–H groups in total. The Labute approximate surface area is 242 Å². The van der Waals surface area contributed by atoms with Crippen molar-refractivity contribution in [2.24, 2.45) is 0 Å². The number of carbonyl (C=O) groups excluding carboxylic acids is 1. The van der Waals surface area contributed by atoms with E-state index in [1.807, 2.05) is 29.6 Å². The Morgan fingerprint density at radius 1 is 1.03 bits per heavy atom. The number of hydrogen-bond acceptors (Lipinski definition) is 5. The molecule has 0 unspecified atom stereocenters. The number of halogens is 2. The summed E-state index contributed by atoms with van der Waals surface area (Å²) in [5.74, 6) is -0.833. The van der Waals surface area contributed by atoms with Crippen LogP contribution in [0.1, 0.15) is 53.2 Å². The monoisotopic (exact) mass is 581 g/mol. The van der Waals surface area contributed by atoms with Crippen molar-refractivity contribution in [2.75, 3.05) is 11.4 Å². The third-order valence-electron chi connectivity index (χ3n) is 6.31. The van der Waals surface area contributed by atoms with Crippen LogP contribution >= 0.6 is 34.5 Å². The van der Waals surface area contributed by atoms with Gasteiger partial charge in [0.15, 0.2) is 5.13 Å². The number of rotatable bonds is 10. The fourth-order valence-corrected chi connectivity index (χ4v) is 5.40. The Balaban J connectivity index is 1.63. The summed E-state index contributed by atoms with van der Waals surface area (Å²) in [5, 5.41) is 15.2. The molecule has 9 heteroatoms. The fourth-order valence-electron chi connectivity index (χ4n) is 4.25. The van der Waals surface area contributed by atoms with E-state index in [9.17, 15) is 9.59 Å². The summed E-state index contributed by atoms with van der Waals surface area (Å²) < 4.78 is 0. The lowest BCUT2D eigenvalue weighted by molar-refractivity contribution is -0.136. The van der Waals surface area contributed by atoms with E-state index in [-0.39, 0.29) is 18.9 Å². The number of anilines is 2. The van der Waals surface area contributed by atoms with Gasteiger partial charge in [-0.15, -0.1) is 11.3 Å². The minimum absolute atomic E-state index is 0.0840. The smallest absolute Gasteiger partial charge is 0.305 e. The van der Waals surface area contributed by atoms with Gasteiger partial charge in [-0.3, -0.25) is 9.59 Å². The molecule has 0 spiro atoms. The van der Waals surface area contributed by atoms with E-state index >= 15 is 0 Å². The van der Waals surface area contributed by atoms with Crippen molar-refractivity contribution in [3.05, 3.63) is 98.3 Å². The van der Waals surface area contributed by atoms with Crippen molar-refractivity contribution in [1.82, 2.24) is 10.3 Å². The highest BCUT2D eigenvalue weighted by Crippen LogP contribution is 2.36. The van der Waals surface area contributed by atoms with Gasteiger partial charge in [0.25, 0.3) is 5.91 Å². The summed E-state index contributed by atoms with van der Waals surface area (Å²) in [7, 11) is 0. The van der Waals surface area contributed by atoms with Crippen LogP contribution in [0.2, 0.25) is 10.0 Å². The maximum atomic E-state index is 12.4. The summed E-state index contributed by atoms with van der Waals surface area (Å²) in [6.45, 7) is 7.11. The number of nitrogens with zero attached hydrogens (tertiary/aromatic N) is 2. The molecule has 0 aliphatic rings. The quantitative estimate of drug-likeness (QED) is 0.198. The zero-order valence-electron chi connectivity index (χ0n) is 21.9.